The number of rotatable bonds is 3. The number of hydrogen-bond donors (Lipinski definition) is 1. The number of carboxylic acids is 1. The molecular weight excluding hydrogens is 232 g/mol. The van der Waals surface area contributed by atoms with Gasteiger partial charge in [-0.15, -0.1) is 0 Å². The molecule has 0 aromatic carbocycles. The summed E-state index contributed by atoms with van der Waals surface area (Å²) in [7, 11) is 0. The molecule has 0 saturated carbocycles. The van der Waals surface area contributed by atoms with E-state index in [1.165, 1.54) is 0 Å². The fraction of sp³-hybridized carbons (Fsp3) is 0.462. The van der Waals surface area contributed by atoms with E-state index < -0.39 is 11.9 Å². The average molecular weight is 248 g/mol. The topological polar surface area (TPSA) is 70.5 Å². The molecule has 0 bridgehead atoms. The minimum absolute atomic E-state index is 0.0237. The van der Waals surface area contributed by atoms with Gasteiger partial charge in [0.25, 0.3) is 0 Å². The second-order valence-corrected chi connectivity index (χ2v) is 4.65. The number of aliphatic carboxylic acids is 1. The highest BCUT2D eigenvalue weighted by molar-refractivity contribution is 5.80. The molecule has 96 valence electrons. The summed E-state index contributed by atoms with van der Waals surface area (Å²) < 4.78 is 0. The summed E-state index contributed by atoms with van der Waals surface area (Å²) in [6.07, 6.45) is 2.53. The van der Waals surface area contributed by atoms with Crippen molar-refractivity contribution < 1.29 is 14.7 Å². The van der Waals surface area contributed by atoms with Crippen molar-refractivity contribution in [2.45, 2.75) is 19.8 Å². The number of carbonyl (C=O) groups is 2. The third-order valence-corrected chi connectivity index (χ3v) is 3.22. The summed E-state index contributed by atoms with van der Waals surface area (Å²) in [5, 5.41) is 8.89. The molecule has 18 heavy (non-hydrogen) atoms. The molecule has 5 heteroatoms. The van der Waals surface area contributed by atoms with Crippen LogP contribution in [0.15, 0.2) is 18.3 Å². The number of hydrogen-bond acceptors (Lipinski definition) is 3. The Morgan fingerprint density at radius 1 is 1.50 bits per heavy atom. The van der Waals surface area contributed by atoms with Crippen LogP contribution in [0.1, 0.15) is 17.7 Å². The highest BCUT2D eigenvalue weighted by Gasteiger charge is 2.30. The summed E-state index contributed by atoms with van der Waals surface area (Å²) in [6, 6.07) is 3.75. The van der Waals surface area contributed by atoms with Crippen LogP contribution in [0.2, 0.25) is 0 Å². The van der Waals surface area contributed by atoms with Gasteiger partial charge < -0.3 is 10.0 Å². The molecule has 0 aliphatic carbocycles. The van der Waals surface area contributed by atoms with Crippen molar-refractivity contribution >= 4 is 11.9 Å². The maximum atomic E-state index is 12.0. The summed E-state index contributed by atoms with van der Waals surface area (Å²) >= 11 is 0. The van der Waals surface area contributed by atoms with Crippen molar-refractivity contribution in [2.24, 2.45) is 5.92 Å². The second kappa shape index (κ2) is 5.16. The van der Waals surface area contributed by atoms with Gasteiger partial charge in [-0.3, -0.25) is 14.6 Å². The monoisotopic (exact) mass is 248 g/mol. The maximum Gasteiger partial charge on any atom is 0.308 e. The smallest absolute Gasteiger partial charge is 0.308 e. The molecular formula is C13H16N2O3. The van der Waals surface area contributed by atoms with E-state index in [4.69, 9.17) is 5.11 Å². The van der Waals surface area contributed by atoms with Crippen LogP contribution < -0.4 is 0 Å². The van der Waals surface area contributed by atoms with Crippen LogP contribution >= 0.6 is 0 Å². The molecule has 5 nitrogen and oxygen atoms in total. The van der Waals surface area contributed by atoms with E-state index in [0.717, 1.165) is 11.3 Å². The molecule has 2 rings (SSSR count). The van der Waals surface area contributed by atoms with Gasteiger partial charge in [-0.25, -0.2) is 0 Å². The van der Waals surface area contributed by atoms with Gasteiger partial charge in [0.1, 0.15) is 0 Å². The quantitative estimate of drug-likeness (QED) is 0.861. The summed E-state index contributed by atoms with van der Waals surface area (Å²) in [5.41, 5.74) is 1.78. The SMILES string of the molecule is Cc1ccc(CC(=O)N2CC[C@H](C(=O)O)C2)cn1. The second-order valence-electron chi connectivity index (χ2n) is 4.65. The van der Waals surface area contributed by atoms with Crippen LogP contribution in [-0.4, -0.2) is 40.0 Å². The average Bonchev–Trinajstić information content (AvgIpc) is 2.81. The largest absolute Gasteiger partial charge is 0.481 e. The molecule has 1 atom stereocenters. The van der Waals surface area contributed by atoms with E-state index in [0.29, 0.717) is 25.9 Å². The van der Waals surface area contributed by atoms with Gasteiger partial charge in [-0.1, -0.05) is 6.07 Å². The summed E-state index contributed by atoms with van der Waals surface area (Å²) in [6.45, 7) is 2.76. The summed E-state index contributed by atoms with van der Waals surface area (Å²) in [5.74, 6) is -1.25. The van der Waals surface area contributed by atoms with Crippen molar-refractivity contribution in [1.29, 1.82) is 0 Å². The number of amides is 1. The molecule has 1 aromatic rings. The van der Waals surface area contributed by atoms with Crippen molar-refractivity contribution in [2.75, 3.05) is 13.1 Å². The normalized spacial score (nSPS) is 18.9. The van der Waals surface area contributed by atoms with E-state index in [-0.39, 0.29) is 5.91 Å². The summed E-state index contributed by atoms with van der Waals surface area (Å²) in [4.78, 5) is 28.6. The zero-order valence-electron chi connectivity index (χ0n) is 10.3. The lowest BCUT2D eigenvalue weighted by Gasteiger charge is -2.15. The van der Waals surface area contributed by atoms with Gasteiger partial charge in [0.05, 0.1) is 12.3 Å². The highest BCUT2D eigenvalue weighted by atomic mass is 16.4. The number of carboxylic acid groups (broad SMARTS) is 1. The standard InChI is InChI=1S/C13H16N2O3/c1-9-2-3-10(7-14-9)6-12(16)15-5-4-11(8-15)13(17)18/h2-3,7,11H,4-6,8H2,1H3,(H,17,18)/t11-/m0/s1. The van der Waals surface area contributed by atoms with Gasteiger partial charge in [-0.05, 0) is 25.0 Å². The molecule has 1 amide bonds. The van der Waals surface area contributed by atoms with Crippen molar-refractivity contribution in [3.63, 3.8) is 0 Å². The van der Waals surface area contributed by atoms with Gasteiger partial charge in [0.2, 0.25) is 5.91 Å². The molecule has 2 heterocycles. The molecule has 1 aliphatic heterocycles. The predicted octanol–water partition coefficient (Wildman–Crippen LogP) is 0.866. The Kier molecular flexibility index (Phi) is 3.60. The van der Waals surface area contributed by atoms with E-state index in [9.17, 15) is 9.59 Å². The molecule has 0 unspecified atom stereocenters. The molecule has 1 aliphatic rings. The lowest BCUT2D eigenvalue weighted by Crippen LogP contribution is -2.31. The van der Waals surface area contributed by atoms with E-state index in [2.05, 4.69) is 4.98 Å². The van der Waals surface area contributed by atoms with Crippen LogP contribution in [0.5, 0.6) is 0 Å². The van der Waals surface area contributed by atoms with Crippen molar-refractivity contribution in [3.05, 3.63) is 29.6 Å². The zero-order chi connectivity index (χ0) is 13.1. The van der Waals surface area contributed by atoms with Crippen molar-refractivity contribution in [1.82, 2.24) is 9.88 Å². The fourth-order valence-corrected chi connectivity index (χ4v) is 2.08. The Hall–Kier alpha value is -1.91. The number of aromatic nitrogens is 1. The van der Waals surface area contributed by atoms with Gasteiger partial charge in [-0.2, -0.15) is 0 Å². The first-order valence-corrected chi connectivity index (χ1v) is 5.98. The zero-order valence-corrected chi connectivity index (χ0v) is 10.3. The number of aryl methyl sites for hydroxylation is 1. The van der Waals surface area contributed by atoms with E-state index in [1.54, 1.807) is 11.1 Å². The Labute approximate surface area is 105 Å². The van der Waals surface area contributed by atoms with Crippen molar-refractivity contribution in [3.8, 4) is 0 Å². The van der Waals surface area contributed by atoms with E-state index in [1.807, 2.05) is 19.1 Å². The van der Waals surface area contributed by atoms with Crippen LogP contribution in [-0.2, 0) is 16.0 Å². The van der Waals surface area contributed by atoms with Crippen LogP contribution in [0.4, 0.5) is 0 Å². The number of likely N-dealkylation sites (tertiary alicyclic amines) is 1. The van der Waals surface area contributed by atoms with Gasteiger partial charge >= 0.3 is 5.97 Å². The maximum absolute atomic E-state index is 12.0. The number of carbonyl (C=O) groups excluding carboxylic acids is 1. The first kappa shape index (κ1) is 12.5. The van der Waals surface area contributed by atoms with Crippen LogP contribution in [0.25, 0.3) is 0 Å². The molecule has 1 aromatic heterocycles. The molecule has 1 fully saturated rings. The number of nitrogens with zero attached hydrogens (tertiary/aromatic N) is 2. The molecule has 1 saturated heterocycles. The first-order chi connectivity index (χ1) is 8.56. The van der Waals surface area contributed by atoms with Crippen LogP contribution in [0, 0.1) is 12.8 Å². The first-order valence-electron chi connectivity index (χ1n) is 5.98. The minimum Gasteiger partial charge on any atom is -0.481 e. The van der Waals surface area contributed by atoms with Gasteiger partial charge in [0.15, 0.2) is 0 Å². The van der Waals surface area contributed by atoms with E-state index >= 15 is 0 Å². The lowest BCUT2D eigenvalue weighted by atomic mass is 10.1. The van der Waals surface area contributed by atoms with Gasteiger partial charge in [0, 0.05) is 25.0 Å². The Bertz CT molecular complexity index is 456. The molecule has 1 N–H and O–H groups in total. The Morgan fingerprint density at radius 3 is 2.83 bits per heavy atom. The predicted molar refractivity (Wildman–Crippen MR) is 65.0 cm³/mol. The van der Waals surface area contributed by atoms with Crippen LogP contribution in [0.3, 0.4) is 0 Å². The third kappa shape index (κ3) is 2.85. The molecule has 0 spiro atoms. The molecule has 0 radical (unpaired) electrons. The number of pyridine rings is 1. The lowest BCUT2D eigenvalue weighted by molar-refractivity contribution is -0.141. The Balaban J connectivity index is 1.93. The fourth-order valence-electron chi connectivity index (χ4n) is 2.08. The highest BCUT2D eigenvalue weighted by Crippen LogP contribution is 2.17. The Morgan fingerprint density at radius 2 is 2.28 bits per heavy atom. The minimum atomic E-state index is -0.817. The third-order valence-electron chi connectivity index (χ3n) is 3.22.